The van der Waals surface area contributed by atoms with Gasteiger partial charge in [0.05, 0.1) is 29.3 Å². The number of nitrogens with zero attached hydrogens (tertiary/aromatic N) is 2. The van der Waals surface area contributed by atoms with Crippen molar-refractivity contribution in [1.29, 1.82) is 0 Å². The molecule has 6 heteroatoms. The molecule has 2 unspecified atom stereocenters. The van der Waals surface area contributed by atoms with Crippen LogP contribution in [-0.4, -0.2) is 34.8 Å². The van der Waals surface area contributed by atoms with Crippen LogP contribution in [0.4, 0.5) is 0 Å². The molecule has 2 heterocycles. The first-order chi connectivity index (χ1) is 9.43. The van der Waals surface area contributed by atoms with Crippen molar-refractivity contribution in [2.45, 2.75) is 58.6 Å². The molecule has 5 nitrogen and oxygen atoms in total. The number of aromatic nitrogens is 2. The third kappa shape index (κ3) is 2.76. The molecule has 20 heavy (non-hydrogen) atoms. The lowest BCUT2D eigenvalue weighted by Gasteiger charge is -2.15. The Morgan fingerprint density at radius 1 is 1.35 bits per heavy atom. The molecule has 1 aromatic heterocycles. The second-order valence-electron chi connectivity index (χ2n) is 5.44. The average molecular weight is 300 g/mol. The van der Waals surface area contributed by atoms with Crippen LogP contribution in [-0.2, 0) is 22.7 Å². The summed E-state index contributed by atoms with van der Waals surface area (Å²) < 4.78 is 25.2. The highest BCUT2D eigenvalue weighted by molar-refractivity contribution is 7.91. The maximum atomic E-state index is 11.7. The van der Waals surface area contributed by atoms with E-state index >= 15 is 0 Å². The van der Waals surface area contributed by atoms with Crippen LogP contribution >= 0.6 is 0 Å². The van der Waals surface area contributed by atoms with Crippen LogP contribution in [0.1, 0.15) is 62.7 Å². The summed E-state index contributed by atoms with van der Waals surface area (Å²) in [5.74, 6) is 0.417. The fourth-order valence-electron chi connectivity index (χ4n) is 3.01. The average Bonchev–Trinajstić information content (AvgIpc) is 2.97. The predicted molar refractivity (Wildman–Crippen MR) is 78.5 cm³/mol. The molecule has 0 spiro atoms. The Hall–Kier alpha value is -0.880. The van der Waals surface area contributed by atoms with Crippen LogP contribution in [0.5, 0.6) is 0 Å². The summed E-state index contributed by atoms with van der Waals surface area (Å²) in [6.45, 7) is 5.99. The second-order valence-corrected chi connectivity index (χ2v) is 7.67. The lowest BCUT2D eigenvalue weighted by molar-refractivity contribution is 0.171. The van der Waals surface area contributed by atoms with Crippen LogP contribution < -0.4 is 0 Å². The summed E-state index contributed by atoms with van der Waals surface area (Å²) in [5, 5.41) is 14.8. The molecule has 0 aliphatic carbocycles. The van der Waals surface area contributed by atoms with Crippen molar-refractivity contribution in [3.63, 3.8) is 0 Å². The number of aliphatic hydroxyl groups excluding tert-OH is 1. The van der Waals surface area contributed by atoms with E-state index in [-0.39, 0.29) is 17.5 Å². The molecule has 0 radical (unpaired) electrons. The molecule has 2 atom stereocenters. The SMILES string of the molecule is CCc1nn(C2CCS(=O)(=O)C2)c(CC)c1C(O)CC. The van der Waals surface area contributed by atoms with Crippen molar-refractivity contribution in [3.8, 4) is 0 Å². The molecule has 1 aromatic rings. The van der Waals surface area contributed by atoms with E-state index in [1.165, 1.54) is 0 Å². The van der Waals surface area contributed by atoms with Gasteiger partial charge in [-0.05, 0) is 25.7 Å². The van der Waals surface area contributed by atoms with Crippen molar-refractivity contribution >= 4 is 9.84 Å². The Balaban J connectivity index is 2.46. The maximum Gasteiger partial charge on any atom is 0.152 e. The molecule has 1 N–H and O–H groups in total. The lowest BCUT2D eigenvalue weighted by Crippen LogP contribution is -2.15. The van der Waals surface area contributed by atoms with Crippen LogP contribution in [0.25, 0.3) is 0 Å². The second kappa shape index (κ2) is 5.85. The highest BCUT2D eigenvalue weighted by atomic mass is 32.2. The van der Waals surface area contributed by atoms with Crippen LogP contribution in [0.15, 0.2) is 0 Å². The van der Waals surface area contributed by atoms with Crippen molar-refractivity contribution in [2.24, 2.45) is 0 Å². The molecule has 0 saturated carbocycles. The van der Waals surface area contributed by atoms with E-state index in [9.17, 15) is 13.5 Å². The minimum atomic E-state index is -2.93. The van der Waals surface area contributed by atoms with Gasteiger partial charge in [0.1, 0.15) is 0 Å². The van der Waals surface area contributed by atoms with Crippen molar-refractivity contribution in [1.82, 2.24) is 9.78 Å². The van der Waals surface area contributed by atoms with Crippen LogP contribution in [0.2, 0.25) is 0 Å². The topological polar surface area (TPSA) is 72.2 Å². The third-order valence-corrected chi connectivity index (χ3v) is 5.82. The maximum absolute atomic E-state index is 11.7. The van der Waals surface area contributed by atoms with E-state index in [0.29, 0.717) is 12.8 Å². The molecular formula is C14H24N2O3S. The highest BCUT2D eigenvalue weighted by Gasteiger charge is 2.33. The molecule has 2 rings (SSSR count). The van der Waals surface area contributed by atoms with E-state index in [1.54, 1.807) is 0 Å². The van der Waals surface area contributed by atoms with E-state index < -0.39 is 15.9 Å². The molecular weight excluding hydrogens is 276 g/mol. The third-order valence-electron chi connectivity index (χ3n) is 4.07. The summed E-state index contributed by atoms with van der Waals surface area (Å²) in [5.41, 5.74) is 2.82. The van der Waals surface area contributed by atoms with Gasteiger partial charge in [-0.2, -0.15) is 5.10 Å². The van der Waals surface area contributed by atoms with E-state index in [1.807, 2.05) is 25.5 Å². The first-order valence-electron chi connectivity index (χ1n) is 7.42. The van der Waals surface area contributed by atoms with E-state index in [0.717, 1.165) is 29.8 Å². The Labute approximate surface area is 120 Å². The summed E-state index contributed by atoms with van der Waals surface area (Å²) in [6.07, 6.45) is 2.28. The number of aliphatic hydroxyl groups is 1. The van der Waals surface area contributed by atoms with Gasteiger partial charge in [-0.1, -0.05) is 20.8 Å². The molecule has 1 aliphatic heterocycles. The minimum Gasteiger partial charge on any atom is -0.388 e. The van der Waals surface area contributed by atoms with Crippen molar-refractivity contribution in [3.05, 3.63) is 17.0 Å². The largest absolute Gasteiger partial charge is 0.388 e. The number of hydrogen-bond donors (Lipinski definition) is 1. The molecule has 1 saturated heterocycles. The fourth-order valence-corrected chi connectivity index (χ4v) is 4.70. The molecule has 0 bridgehead atoms. The van der Waals surface area contributed by atoms with Gasteiger partial charge in [0.2, 0.25) is 0 Å². The molecule has 0 aromatic carbocycles. The molecule has 114 valence electrons. The van der Waals surface area contributed by atoms with Crippen molar-refractivity contribution < 1.29 is 13.5 Å². The minimum absolute atomic E-state index is 0.0712. The van der Waals surface area contributed by atoms with Crippen LogP contribution in [0.3, 0.4) is 0 Å². The van der Waals surface area contributed by atoms with E-state index in [2.05, 4.69) is 5.10 Å². The zero-order chi connectivity index (χ0) is 14.9. The molecule has 1 fully saturated rings. The van der Waals surface area contributed by atoms with Gasteiger partial charge in [-0.3, -0.25) is 4.68 Å². The Kier molecular flexibility index (Phi) is 4.54. The van der Waals surface area contributed by atoms with E-state index in [4.69, 9.17) is 0 Å². The monoisotopic (exact) mass is 300 g/mol. The summed E-state index contributed by atoms with van der Waals surface area (Å²) in [6, 6.07) is -0.0712. The number of aryl methyl sites for hydroxylation is 1. The molecule has 0 amide bonds. The van der Waals surface area contributed by atoms with Gasteiger partial charge in [-0.25, -0.2) is 8.42 Å². The standard InChI is InChI=1S/C14H24N2O3S/c1-4-11-14(13(17)6-3)12(5-2)16(15-11)10-7-8-20(18,19)9-10/h10,13,17H,4-9H2,1-3H3. The predicted octanol–water partition coefficient (Wildman–Crippen LogP) is 1.81. The van der Waals surface area contributed by atoms with Crippen LogP contribution in [0, 0.1) is 0 Å². The highest BCUT2D eigenvalue weighted by Crippen LogP contribution is 2.31. The van der Waals surface area contributed by atoms with Gasteiger partial charge in [-0.15, -0.1) is 0 Å². The number of sulfone groups is 1. The Morgan fingerprint density at radius 2 is 2.05 bits per heavy atom. The first-order valence-corrected chi connectivity index (χ1v) is 9.24. The van der Waals surface area contributed by atoms with Gasteiger partial charge in [0, 0.05) is 11.3 Å². The number of hydrogen-bond acceptors (Lipinski definition) is 4. The zero-order valence-electron chi connectivity index (χ0n) is 12.5. The van der Waals surface area contributed by atoms with Gasteiger partial charge in [0.15, 0.2) is 9.84 Å². The van der Waals surface area contributed by atoms with Gasteiger partial charge in [0.25, 0.3) is 0 Å². The summed E-state index contributed by atoms with van der Waals surface area (Å²) >= 11 is 0. The summed E-state index contributed by atoms with van der Waals surface area (Å²) in [4.78, 5) is 0. The Bertz CT molecular complexity index is 577. The zero-order valence-corrected chi connectivity index (χ0v) is 13.3. The molecule has 1 aliphatic rings. The normalized spacial score (nSPS) is 23.1. The van der Waals surface area contributed by atoms with Gasteiger partial charge >= 0.3 is 0 Å². The first kappa shape index (κ1) is 15.5. The fraction of sp³-hybridized carbons (Fsp3) is 0.786. The summed E-state index contributed by atoms with van der Waals surface area (Å²) in [7, 11) is -2.93. The van der Waals surface area contributed by atoms with Gasteiger partial charge < -0.3 is 5.11 Å². The Morgan fingerprint density at radius 3 is 2.50 bits per heavy atom. The smallest absolute Gasteiger partial charge is 0.152 e. The lowest BCUT2D eigenvalue weighted by atomic mass is 10.0. The quantitative estimate of drug-likeness (QED) is 0.900. The number of rotatable bonds is 5. The van der Waals surface area contributed by atoms with Crippen molar-refractivity contribution in [2.75, 3.05) is 11.5 Å².